The highest BCUT2D eigenvalue weighted by molar-refractivity contribution is 5.74. The summed E-state index contributed by atoms with van der Waals surface area (Å²) in [5.41, 5.74) is 7.69. The first-order valence-electron chi connectivity index (χ1n) is 8.28. The molecule has 1 aromatic heterocycles. The summed E-state index contributed by atoms with van der Waals surface area (Å²) in [5.74, 6) is -0.153. The van der Waals surface area contributed by atoms with Gasteiger partial charge in [0.2, 0.25) is 5.88 Å². The lowest BCUT2D eigenvalue weighted by molar-refractivity contribution is 0.139. The summed E-state index contributed by atoms with van der Waals surface area (Å²) in [6.07, 6.45) is 5.20. The van der Waals surface area contributed by atoms with Gasteiger partial charge < -0.3 is 20.9 Å². The third-order valence-corrected chi connectivity index (χ3v) is 4.37. The van der Waals surface area contributed by atoms with E-state index in [0.29, 0.717) is 5.69 Å². The summed E-state index contributed by atoms with van der Waals surface area (Å²) in [6.45, 7) is 0.160. The number of nitrogens with one attached hydrogen (secondary N) is 1. The van der Waals surface area contributed by atoms with Crippen LogP contribution in [0.25, 0.3) is 0 Å². The zero-order valence-corrected chi connectivity index (χ0v) is 13.5. The van der Waals surface area contributed by atoms with Crippen molar-refractivity contribution in [3.63, 3.8) is 0 Å². The van der Waals surface area contributed by atoms with Crippen LogP contribution in [0.1, 0.15) is 31.2 Å². The molecule has 0 aliphatic heterocycles. The number of anilines is 1. The molecule has 0 amide bonds. The zero-order valence-electron chi connectivity index (χ0n) is 13.5. The monoisotopic (exact) mass is 329 g/mol. The number of ether oxygens (including phenoxy) is 1. The second-order valence-corrected chi connectivity index (χ2v) is 6.20. The van der Waals surface area contributed by atoms with Gasteiger partial charge in [0.25, 0.3) is 0 Å². The van der Waals surface area contributed by atoms with E-state index in [-0.39, 0.29) is 24.6 Å². The fourth-order valence-electron chi connectivity index (χ4n) is 3.02. The van der Waals surface area contributed by atoms with Crippen molar-refractivity contribution >= 4 is 11.8 Å². The molecule has 1 aliphatic rings. The average Bonchev–Trinajstić information content (AvgIpc) is 2.96. The van der Waals surface area contributed by atoms with Crippen molar-refractivity contribution in [2.75, 3.05) is 5.32 Å². The lowest BCUT2D eigenvalue weighted by Gasteiger charge is -2.29. The summed E-state index contributed by atoms with van der Waals surface area (Å²) in [5, 5.41) is 13.3. The molecule has 2 aromatic rings. The van der Waals surface area contributed by atoms with E-state index in [1.54, 1.807) is 6.20 Å². The molecule has 0 radical (unpaired) electrons. The van der Waals surface area contributed by atoms with Gasteiger partial charge in [0, 0.05) is 24.3 Å². The van der Waals surface area contributed by atoms with Gasteiger partial charge in [0.1, 0.15) is 6.61 Å². The Morgan fingerprint density at radius 2 is 2.04 bits per heavy atom. The smallest absolute Gasteiger partial charge is 0.421 e. The van der Waals surface area contributed by atoms with Crippen molar-refractivity contribution in [3.05, 3.63) is 48.2 Å². The molecular formula is C18H23N3O3. The lowest BCUT2D eigenvalue weighted by atomic mass is 9.91. The molecule has 1 fully saturated rings. The fraction of sp³-hybridized carbons (Fsp3) is 0.389. The summed E-state index contributed by atoms with van der Waals surface area (Å²) in [4.78, 5) is 12.1. The molecule has 1 heterocycles. The molecule has 0 saturated heterocycles. The largest absolute Gasteiger partial charge is 0.494 e. The number of rotatable bonds is 4. The van der Waals surface area contributed by atoms with Gasteiger partial charge in [-0.1, -0.05) is 43.2 Å². The summed E-state index contributed by atoms with van der Waals surface area (Å²) in [6, 6.07) is 11.2. The number of nitrogens with two attached hydrogens (primary N) is 1. The van der Waals surface area contributed by atoms with E-state index >= 15 is 0 Å². The van der Waals surface area contributed by atoms with Crippen LogP contribution in [0.3, 0.4) is 0 Å². The minimum atomic E-state index is -0.614. The van der Waals surface area contributed by atoms with E-state index in [0.717, 1.165) is 35.8 Å². The molecule has 2 atom stereocenters. The molecule has 6 heteroatoms. The predicted molar refractivity (Wildman–Crippen MR) is 92.0 cm³/mol. The minimum absolute atomic E-state index is 0.0919. The first kappa shape index (κ1) is 16.4. The Kier molecular flexibility index (Phi) is 5.05. The van der Waals surface area contributed by atoms with Gasteiger partial charge in [-0.25, -0.2) is 9.36 Å². The van der Waals surface area contributed by atoms with Crippen LogP contribution in [0, 0.1) is 0 Å². The van der Waals surface area contributed by atoms with Crippen LogP contribution in [0.4, 0.5) is 10.5 Å². The molecule has 3 rings (SSSR count). The summed E-state index contributed by atoms with van der Waals surface area (Å²) < 4.78 is 6.33. The third-order valence-electron chi connectivity index (χ3n) is 4.37. The van der Waals surface area contributed by atoms with E-state index < -0.39 is 6.09 Å². The Balaban J connectivity index is 1.61. The number of hydrogen-bond acceptors (Lipinski definition) is 5. The van der Waals surface area contributed by atoms with Crippen molar-refractivity contribution in [2.24, 2.45) is 5.73 Å². The predicted octanol–water partition coefficient (Wildman–Crippen LogP) is 3.06. The maximum Gasteiger partial charge on any atom is 0.421 e. The zero-order chi connectivity index (χ0) is 16.9. The van der Waals surface area contributed by atoms with Gasteiger partial charge in [-0.15, -0.1) is 0 Å². The van der Waals surface area contributed by atoms with E-state index in [4.69, 9.17) is 10.5 Å². The molecule has 1 aliphatic carbocycles. The Bertz CT molecular complexity index is 684. The second kappa shape index (κ2) is 7.40. The highest BCUT2D eigenvalue weighted by Gasteiger charge is 2.23. The quantitative estimate of drug-likeness (QED) is 0.802. The standard InChI is InChI=1S/C18H23N3O3/c19-15-8-4-5-9-16(15)20-14-10-17(22)21(11-14)18(23)24-12-13-6-2-1-3-7-13/h1-3,6-7,10-11,15-16,20,22H,4-5,8-9,12,19H2/t15-,16?/m1/s1. The SMILES string of the molecule is N[C@@H]1CCCCC1Nc1cc(O)n(C(=O)OCc2ccccc2)c1. The Hall–Kier alpha value is -2.47. The van der Waals surface area contributed by atoms with Gasteiger partial charge in [-0.2, -0.15) is 0 Å². The van der Waals surface area contributed by atoms with Gasteiger partial charge in [-0.3, -0.25) is 0 Å². The number of hydrogen-bond donors (Lipinski definition) is 3. The van der Waals surface area contributed by atoms with Crippen LogP contribution in [-0.4, -0.2) is 27.9 Å². The first-order chi connectivity index (χ1) is 11.6. The third kappa shape index (κ3) is 3.89. The number of carbonyl (C=O) groups excluding carboxylic acids is 1. The van der Waals surface area contributed by atoms with Gasteiger partial charge in [0.15, 0.2) is 0 Å². The van der Waals surface area contributed by atoms with Gasteiger partial charge in [-0.05, 0) is 18.4 Å². The lowest BCUT2D eigenvalue weighted by Crippen LogP contribution is -2.42. The van der Waals surface area contributed by atoms with E-state index in [9.17, 15) is 9.90 Å². The van der Waals surface area contributed by atoms with Gasteiger partial charge in [0.05, 0.1) is 5.69 Å². The molecule has 1 aromatic carbocycles. The first-order valence-corrected chi connectivity index (χ1v) is 8.28. The van der Waals surface area contributed by atoms with Gasteiger partial charge >= 0.3 is 6.09 Å². The number of carbonyl (C=O) groups is 1. The topological polar surface area (TPSA) is 89.5 Å². The maximum absolute atomic E-state index is 12.1. The van der Waals surface area contributed by atoms with Crippen LogP contribution in [0.2, 0.25) is 0 Å². The van der Waals surface area contributed by atoms with Crippen molar-refractivity contribution in [1.82, 2.24) is 4.57 Å². The van der Waals surface area contributed by atoms with Crippen LogP contribution in [0.15, 0.2) is 42.6 Å². The molecule has 1 unspecified atom stereocenters. The summed E-state index contributed by atoms with van der Waals surface area (Å²) in [7, 11) is 0. The number of nitrogens with zero attached hydrogens (tertiary/aromatic N) is 1. The Labute approximate surface area is 141 Å². The molecule has 128 valence electrons. The van der Waals surface area contributed by atoms with Crippen LogP contribution in [-0.2, 0) is 11.3 Å². The second-order valence-electron chi connectivity index (χ2n) is 6.20. The minimum Gasteiger partial charge on any atom is -0.494 e. The van der Waals surface area contributed by atoms with E-state index in [1.807, 2.05) is 30.3 Å². The van der Waals surface area contributed by atoms with E-state index in [1.165, 1.54) is 6.07 Å². The molecule has 1 saturated carbocycles. The average molecular weight is 329 g/mol. The normalized spacial score (nSPS) is 20.5. The Morgan fingerprint density at radius 1 is 1.29 bits per heavy atom. The molecular weight excluding hydrogens is 306 g/mol. The summed E-state index contributed by atoms with van der Waals surface area (Å²) >= 11 is 0. The highest BCUT2D eigenvalue weighted by atomic mass is 16.6. The van der Waals surface area contributed by atoms with Crippen LogP contribution in [0.5, 0.6) is 5.88 Å². The van der Waals surface area contributed by atoms with Crippen LogP contribution < -0.4 is 11.1 Å². The fourth-order valence-corrected chi connectivity index (χ4v) is 3.02. The number of aromatic hydroxyl groups is 1. The maximum atomic E-state index is 12.1. The van der Waals surface area contributed by atoms with Crippen molar-refractivity contribution in [2.45, 2.75) is 44.4 Å². The number of benzene rings is 1. The Morgan fingerprint density at radius 3 is 2.79 bits per heavy atom. The van der Waals surface area contributed by atoms with Crippen molar-refractivity contribution in [1.29, 1.82) is 0 Å². The molecule has 24 heavy (non-hydrogen) atoms. The molecule has 0 bridgehead atoms. The van der Waals surface area contributed by atoms with E-state index in [2.05, 4.69) is 5.32 Å². The van der Waals surface area contributed by atoms with Crippen molar-refractivity contribution in [3.8, 4) is 5.88 Å². The van der Waals surface area contributed by atoms with Crippen molar-refractivity contribution < 1.29 is 14.6 Å². The molecule has 4 N–H and O–H groups in total. The molecule has 6 nitrogen and oxygen atoms in total. The molecule has 0 spiro atoms. The number of aromatic nitrogens is 1. The van der Waals surface area contributed by atoms with Crippen LogP contribution >= 0.6 is 0 Å². The highest BCUT2D eigenvalue weighted by Crippen LogP contribution is 2.25.